The Balaban J connectivity index is 2.09. The van der Waals surface area contributed by atoms with Gasteiger partial charge in [-0.1, -0.05) is 12.1 Å². The predicted octanol–water partition coefficient (Wildman–Crippen LogP) is 3.04. The molecular formula is C12H9FN4S. The van der Waals surface area contributed by atoms with Crippen molar-refractivity contribution in [3.63, 3.8) is 0 Å². The second kappa shape index (κ2) is 4.30. The molecule has 0 aliphatic carbocycles. The first-order valence-electron chi connectivity index (χ1n) is 5.33. The predicted molar refractivity (Wildman–Crippen MR) is 67.6 cm³/mol. The lowest BCUT2D eigenvalue weighted by Crippen LogP contribution is -1.83. The number of hydrogen-bond acceptors (Lipinski definition) is 4. The van der Waals surface area contributed by atoms with E-state index in [4.69, 9.17) is 0 Å². The van der Waals surface area contributed by atoms with Crippen LogP contribution in [0.3, 0.4) is 0 Å². The lowest BCUT2D eigenvalue weighted by Gasteiger charge is -1.97. The Morgan fingerprint density at radius 1 is 1.33 bits per heavy atom. The van der Waals surface area contributed by atoms with Crippen LogP contribution in [-0.2, 0) is 0 Å². The highest BCUT2D eigenvalue weighted by Crippen LogP contribution is 2.31. The number of nitrogens with one attached hydrogen (secondary N) is 1. The fourth-order valence-electron chi connectivity index (χ4n) is 1.71. The molecule has 0 saturated heterocycles. The molecule has 1 aromatic carbocycles. The minimum absolute atomic E-state index is 0.263. The zero-order chi connectivity index (χ0) is 12.5. The van der Waals surface area contributed by atoms with Gasteiger partial charge in [-0.25, -0.2) is 14.4 Å². The second-order valence-corrected chi connectivity index (χ2v) is 4.97. The standard InChI is InChI=1S/C12H9FN4S/c1-7-10(8-3-2-4-9(13)5-8)16-12(18-7)11-14-6-15-17-11/h2-6H,1H3,(H,14,15,17). The third-order valence-corrected chi connectivity index (χ3v) is 3.49. The smallest absolute Gasteiger partial charge is 0.184 e. The minimum Gasteiger partial charge on any atom is -0.257 e. The second-order valence-electron chi connectivity index (χ2n) is 3.77. The summed E-state index contributed by atoms with van der Waals surface area (Å²) in [6.07, 6.45) is 1.44. The third kappa shape index (κ3) is 1.91. The van der Waals surface area contributed by atoms with Crippen LogP contribution in [0.1, 0.15) is 4.88 Å². The van der Waals surface area contributed by atoms with Gasteiger partial charge < -0.3 is 0 Å². The van der Waals surface area contributed by atoms with Gasteiger partial charge in [0.15, 0.2) is 10.8 Å². The Morgan fingerprint density at radius 2 is 2.22 bits per heavy atom. The van der Waals surface area contributed by atoms with Gasteiger partial charge in [-0.05, 0) is 19.1 Å². The van der Waals surface area contributed by atoms with E-state index in [1.54, 1.807) is 6.07 Å². The summed E-state index contributed by atoms with van der Waals surface area (Å²) < 4.78 is 13.2. The Bertz CT molecular complexity index is 675. The van der Waals surface area contributed by atoms with E-state index in [0.717, 1.165) is 21.1 Å². The molecule has 0 aliphatic rings. The molecule has 2 aromatic heterocycles. The van der Waals surface area contributed by atoms with Gasteiger partial charge in [0.25, 0.3) is 0 Å². The summed E-state index contributed by atoms with van der Waals surface area (Å²) >= 11 is 1.51. The number of halogens is 1. The van der Waals surface area contributed by atoms with Crippen LogP contribution in [0, 0.1) is 12.7 Å². The fourth-order valence-corrected chi connectivity index (χ4v) is 2.59. The molecule has 0 aliphatic heterocycles. The van der Waals surface area contributed by atoms with Crippen molar-refractivity contribution in [2.24, 2.45) is 0 Å². The summed E-state index contributed by atoms with van der Waals surface area (Å²) in [6, 6.07) is 6.42. The maximum absolute atomic E-state index is 13.2. The zero-order valence-corrected chi connectivity index (χ0v) is 10.3. The van der Waals surface area contributed by atoms with E-state index in [2.05, 4.69) is 20.2 Å². The van der Waals surface area contributed by atoms with Crippen molar-refractivity contribution >= 4 is 11.3 Å². The summed E-state index contributed by atoms with van der Waals surface area (Å²) in [7, 11) is 0. The average molecular weight is 260 g/mol. The molecule has 18 heavy (non-hydrogen) atoms. The van der Waals surface area contributed by atoms with Crippen LogP contribution in [0.4, 0.5) is 4.39 Å². The lowest BCUT2D eigenvalue weighted by molar-refractivity contribution is 0.628. The molecule has 1 N–H and O–H groups in total. The number of nitrogens with zero attached hydrogens (tertiary/aromatic N) is 3. The highest BCUT2D eigenvalue weighted by Gasteiger charge is 2.13. The highest BCUT2D eigenvalue weighted by molar-refractivity contribution is 7.15. The van der Waals surface area contributed by atoms with Gasteiger partial charge in [-0.2, -0.15) is 5.10 Å². The lowest BCUT2D eigenvalue weighted by atomic mass is 10.1. The highest BCUT2D eigenvalue weighted by atomic mass is 32.1. The van der Waals surface area contributed by atoms with Crippen LogP contribution < -0.4 is 0 Å². The van der Waals surface area contributed by atoms with E-state index in [-0.39, 0.29) is 5.82 Å². The van der Waals surface area contributed by atoms with Gasteiger partial charge in [0, 0.05) is 10.4 Å². The molecule has 0 atom stereocenters. The number of thiazole rings is 1. The van der Waals surface area contributed by atoms with Gasteiger partial charge >= 0.3 is 0 Å². The number of rotatable bonds is 2. The molecule has 6 heteroatoms. The molecule has 3 rings (SSSR count). The quantitative estimate of drug-likeness (QED) is 0.770. The maximum atomic E-state index is 13.2. The SMILES string of the molecule is Cc1sc(-c2ncn[nH]2)nc1-c1cccc(F)c1. The van der Waals surface area contributed by atoms with E-state index in [1.807, 2.05) is 13.0 Å². The number of benzene rings is 1. The van der Waals surface area contributed by atoms with E-state index in [0.29, 0.717) is 5.82 Å². The van der Waals surface area contributed by atoms with E-state index in [1.165, 1.54) is 29.8 Å². The minimum atomic E-state index is -0.263. The fraction of sp³-hybridized carbons (Fsp3) is 0.0833. The number of aromatic nitrogens is 4. The van der Waals surface area contributed by atoms with Crippen molar-refractivity contribution in [2.75, 3.05) is 0 Å². The summed E-state index contributed by atoms with van der Waals surface area (Å²) in [5, 5.41) is 7.32. The molecule has 0 fully saturated rings. The van der Waals surface area contributed by atoms with Crippen LogP contribution in [-0.4, -0.2) is 20.2 Å². The molecular weight excluding hydrogens is 251 g/mol. The Kier molecular flexibility index (Phi) is 2.64. The molecule has 0 spiro atoms. The summed E-state index contributed by atoms with van der Waals surface area (Å²) in [4.78, 5) is 9.56. The largest absolute Gasteiger partial charge is 0.257 e. The first-order valence-corrected chi connectivity index (χ1v) is 6.15. The van der Waals surface area contributed by atoms with Crippen molar-refractivity contribution in [1.29, 1.82) is 0 Å². The summed E-state index contributed by atoms with van der Waals surface area (Å²) in [5.74, 6) is 0.367. The molecule has 3 aromatic rings. The summed E-state index contributed by atoms with van der Waals surface area (Å²) in [5.41, 5.74) is 1.56. The Morgan fingerprint density at radius 3 is 2.94 bits per heavy atom. The third-order valence-electron chi connectivity index (χ3n) is 2.51. The van der Waals surface area contributed by atoms with Crippen molar-refractivity contribution in [3.8, 4) is 22.1 Å². The van der Waals surface area contributed by atoms with Gasteiger partial charge in [0.05, 0.1) is 5.69 Å². The van der Waals surface area contributed by atoms with Crippen LogP contribution >= 0.6 is 11.3 Å². The van der Waals surface area contributed by atoms with Gasteiger partial charge in [0.1, 0.15) is 12.1 Å². The van der Waals surface area contributed by atoms with Crippen LogP contribution in [0.25, 0.3) is 22.1 Å². The first kappa shape index (κ1) is 11.0. The normalized spacial score (nSPS) is 10.8. The average Bonchev–Trinajstić information content (AvgIpc) is 2.97. The van der Waals surface area contributed by atoms with Crippen molar-refractivity contribution in [3.05, 3.63) is 41.3 Å². The summed E-state index contributed by atoms with van der Waals surface area (Å²) in [6.45, 7) is 1.96. The number of H-pyrrole nitrogens is 1. The van der Waals surface area contributed by atoms with Gasteiger partial charge in [0.2, 0.25) is 0 Å². The van der Waals surface area contributed by atoms with E-state index >= 15 is 0 Å². The van der Waals surface area contributed by atoms with Gasteiger partial charge in [-0.15, -0.1) is 11.3 Å². The molecule has 0 unspecified atom stereocenters. The molecule has 2 heterocycles. The Hall–Kier alpha value is -2.08. The zero-order valence-electron chi connectivity index (χ0n) is 9.51. The molecule has 0 bridgehead atoms. The van der Waals surface area contributed by atoms with Crippen molar-refractivity contribution in [2.45, 2.75) is 6.92 Å². The monoisotopic (exact) mass is 260 g/mol. The van der Waals surface area contributed by atoms with E-state index < -0.39 is 0 Å². The number of aryl methyl sites for hydroxylation is 1. The molecule has 0 saturated carbocycles. The Labute approximate surface area is 107 Å². The number of hydrogen-bond donors (Lipinski definition) is 1. The molecule has 0 amide bonds. The molecule has 90 valence electrons. The van der Waals surface area contributed by atoms with E-state index in [9.17, 15) is 4.39 Å². The van der Waals surface area contributed by atoms with Crippen molar-refractivity contribution in [1.82, 2.24) is 20.2 Å². The molecule has 4 nitrogen and oxygen atoms in total. The van der Waals surface area contributed by atoms with Crippen LogP contribution in [0.15, 0.2) is 30.6 Å². The maximum Gasteiger partial charge on any atom is 0.184 e. The topological polar surface area (TPSA) is 54.5 Å². The molecule has 0 radical (unpaired) electrons. The first-order chi connectivity index (χ1) is 8.74. The van der Waals surface area contributed by atoms with Crippen molar-refractivity contribution < 1.29 is 4.39 Å². The van der Waals surface area contributed by atoms with Crippen LogP contribution in [0.5, 0.6) is 0 Å². The van der Waals surface area contributed by atoms with Crippen LogP contribution in [0.2, 0.25) is 0 Å². The number of aromatic amines is 1. The van der Waals surface area contributed by atoms with Gasteiger partial charge in [-0.3, -0.25) is 5.10 Å².